The molecule has 19 heavy (non-hydrogen) atoms. The van der Waals surface area contributed by atoms with Gasteiger partial charge in [-0.05, 0) is 30.5 Å². The van der Waals surface area contributed by atoms with Gasteiger partial charge in [-0.2, -0.15) is 0 Å². The van der Waals surface area contributed by atoms with Crippen molar-refractivity contribution in [1.29, 1.82) is 0 Å². The Balaban J connectivity index is 0.00000324. The fourth-order valence-electron chi connectivity index (χ4n) is 1.47. The molecule has 0 heterocycles. The Morgan fingerprint density at radius 3 is 2.68 bits per heavy atom. The number of nitrogens with one attached hydrogen (secondary N) is 1. The number of benzene rings is 1. The summed E-state index contributed by atoms with van der Waals surface area (Å²) in [5, 5.41) is 2.76. The number of halogens is 1. The van der Waals surface area contributed by atoms with Gasteiger partial charge in [0.15, 0.2) is 0 Å². The highest BCUT2D eigenvalue weighted by molar-refractivity contribution is 5.85. The third-order valence-corrected chi connectivity index (χ3v) is 2.68. The number of amides is 1. The predicted molar refractivity (Wildman–Crippen MR) is 79.7 cm³/mol. The van der Waals surface area contributed by atoms with Crippen LogP contribution in [0.25, 0.3) is 0 Å². The summed E-state index contributed by atoms with van der Waals surface area (Å²) >= 11 is 0. The maximum Gasteiger partial charge on any atom is 0.237 e. The van der Waals surface area contributed by atoms with Gasteiger partial charge >= 0.3 is 0 Å². The van der Waals surface area contributed by atoms with Crippen LogP contribution in [-0.4, -0.2) is 25.1 Å². The van der Waals surface area contributed by atoms with Crippen LogP contribution < -0.4 is 15.8 Å². The first kappa shape index (κ1) is 17.7. The second-order valence-corrected chi connectivity index (χ2v) is 4.73. The molecule has 1 amide bonds. The van der Waals surface area contributed by atoms with Crippen molar-refractivity contribution in [2.45, 2.75) is 26.8 Å². The van der Waals surface area contributed by atoms with Gasteiger partial charge in [-0.1, -0.05) is 26.0 Å². The molecular formula is C14H23ClN2O2. The number of rotatable bonds is 6. The number of aryl methyl sites for hydroxylation is 1. The molecule has 0 spiro atoms. The van der Waals surface area contributed by atoms with Gasteiger partial charge in [0.2, 0.25) is 5.91 Å². The topological polar surface area (TPSA) is 64.3 Å². The van der Waals surface area contributed by atoms with E-state index in [1.165, 1.54) is 0 Å². The van der Waals surface area contributed by atoms with E-state index in [9.17, 15) is 4.79 Å². The van der Waals surface area contributed by atoms with Gasteiger partial charge in [0, 0.05) is 0 Å². The van der Waals surface area contributed by atoms with Gasteiger partial charge in [-0.3, -0.25) is 4.79 Å². The summed E-state index contributed by atoms with van der Waals surface area (Å²) in [5.41, 5.74) is 6.87. The minimum absolute atomic E-state index is 0. The van der Waals surface area contributed by atoms with Crippen LogP contribution in [0.15, 0.2) is 24.3 Å². The molecule has 4 nitrogen and oxygen atoms in total. The molecule has 0 aliphatic heterocycles. The Morgan fingerprint density at radius 1 is 1.42 bits per heavy atom. The van der Waals surface area contributed by atoms with Crippen molar-refractivity contribution >= 4 is 18.3 Å². The molecule has 0 saturated carbocycles. The van der Waals surface area contributed by atoms with Crippen molar-refractivity contribution < 1.29 is 9.53 Å². The van der Waals surface area contributed by atoms with E-state index in [0.29, 0.717) is 13.2 Å². The Kier molecular flexibility index (Phi) is 8.19. The van der Waals surface area contributed by atoms with Crippen LogP contribution in [0.2, 0.25) is 0 Å². The number of nitrogens with two attached hydrogens (primary N) is 1. The largest absolute Gasteiger partial charge is 0.492 e. The zero-order valence-electron chi connectivity index (χ0n) is 11.7. The summed E-state index contributed by atoms with van der Waals surface area (Å²) in [5.74, 6) is 0.831. The number of ether oxygens (including phenoxy) is 1. The number of hydrogen-bond donors (Lipinski definition) is 2. The van der Waals surface area contributed by atoms with Gasteiger partial charge < -0.3 is 15.8 Å². The molecule has 3 N–H and O–H groups in total. The van der Waals surface area contributed by atoms with Gasteiger partial charge in [0.25, 0.3) is 0 Å². The lowest BCUT2D eigenvalue weighted by molar-refractivity contribution is -0.123. The van der Waals surface area contributed by atoms with E-state index < -0.39 is 6.04 Å². The molecule has 0 saturated heterocycles. The molecule has 0 fully saturated rings. The average Bonchev–Trinajstić information content (AvgIpc) is 2.33. The first-order chi connectivity index (χ1) is 8.50. The third-order valence-electron chi connectivity index (χ3n) is 2.68. The molecule has 1 rings (SSSR count). The van der Waals surface area contributed by atoms with E-state index in [2.05, 4.69) is 5.32 Å². The molecule has 5 heteroatoms. The second-order valence-electron chi connectivity index (χ2n) is 4.73. The standard InChI is InChI=1S/C14H22N2O2.ClH/c1-10(2)13(15)14(17)16-7-8-18-12-6-4-5-11(3)9-12;/h4-6,9-10,13H,7-8,15H2,1-3H3,(H,16,17);1H/t13-;/m1./s1. The maximum absolute atomic E-state index is 11.6. The predicted octanol–water partition coefficient (Wildman–Crippen LogP) is 1.90. The Labute approximate surface area is 121 Å². The van der Waals surface area contributed by atoms with E-state index in [-0.39, 0.29) is 24.2 Å². The summed E-state index contributed by atoms with van der Waals surface area (Å²) in [6, 6.07) is 7.36. The Bertz CT molecular complexity index is 397. The summed E-state index contributed by atoms with van der Waals surface area (Å²) in [6.07, 6.45) is 0. The first-order valence-corrected chi connectivity index (χ1v) is 6.23. The van der Waals surface area contributed by atoms with Crippen LogP contribution >= 0.6 is 12.4 Å². The summed E-state index contributed by atoms with van der Waals surface area (Å²) < 4.78 is 5.52. The fraction of sp³-hybridized carbons (Fsp3) is 0.500. The van der Waals surface area contributed by atoms with Crippen molar-refractivity contribution in [2.24, 2.45) is 11.7 Å². The molecule has 0 aliphatic carbocycles. The fourth-order valence-corrected chi connectivity index (χ4v) is 1.47. The average molecular weight is 287 g/mol. The van der Waals surface area contributed by atoms with Crippen molar-refractivity contribution in [2.75, 3.05) is 13.2 Å². The van der Waals surface area contributed by atoms with E-state index in [1.807, 2.05) is 45.0 Å². The van der Waals surface area contributed by atoms with E-state index in [0.717, 1.165) is 11.3 Å². The van der Waals surface area contributed by atoms with Crippen molar-refractivity contribution in [3.63, 3.8) is 0 Å². The molecule has 108 valence electrons. The minimum Gasteiger partial charge on any atom is -0.492 e. The van der Waals surface area contributed by atoms with Crippen LogP contribution in [0, 0.1) is 12.8 Å². The molecule has 0 radical (unpaired) electrons. The zero-order valence-corrected chi connectivity index (χ0v) is 12.5. The van der Waals surface area contributed by atoms with E-state index >= 15 is 0 Å². The van der Waals surface area contributed by atoms with Crippen LogP contribution in [-0.2, 0) is 4.79 Å². The Hall–Kier alpha value is -1.26. The summed E-state index contributed by atoms with van der Waals surface area (Å²) in [4.78, 5) is 11.6. The third kappa shape index (κ3) is 6.45. The summed E-state index contributed by atoms with van der Waals surface area (Å²) in [6.45, 7) is 6.77. The second kappa shape index (κ2) is 8.77. The lowest BCUT2D eigenvalue weighted by atomic mass is 10.1. The molecule has 0 bridgehead atoms. The van der Waals surface area contributed by atoms with Gasteiger partial charge in [-0.15, -0.1) is 12.4 Å². The molecule has 1 atom stereocenters. The van der Waals surface area contributed by atoms with Crippen molar-refractivity contribution in [3.05, 3.63) is 29.8 Å². The molecule has 1 aromatic carbocycles. The quantitative estimate of drug-likeness (QED) is 0.785. The minimum atomic E-state index is -0.455. The van der Waals surface area contributed by atoms with Crippen LogP contribution in [0.4, 0.5) is 0 Å². The van der Waals surface area contributed by atoms with Crippen molar-refractivity contribution in [1.82, 2.24) is 5.32 Å². The SMILES string of the molecule is Cc1cccc(OCCNC(=O)[C@H](N)C(C)C)c1.Cl. The number of carbonyl (C=O) groups is 1. The van der Waals surface area contributed by atoms with Gasteiger partial charge in [0.1, 0.15) is 12.4 Å². The van der Waals surface area contributed by atoms with Gasteiger partial charge in [0.05, 0.1) is 12.6 Å². The van der Waals surface area contributed by atoms with Crippen LogP contribution in [0.3, 0.4) is 0 Å². The molecule has 0 aliphatic rings. The van der Waals surface area contributed by atoms with Crippen LogP contribution in [0.1, 0.15) is 19.4 Å². The van der Waals surface area contributed by atoms with Gasteiger partial charge in [-0.25, -0.2) is 0 Å². The highest BCUT2D eigenvalue weighted by Gasteiger charge is 2.16. The number of carbonyl (C=O) groups excluding carboxylic acids is 1. The maximum atomic E-state index is 11.6. The molecule has 0 aromatic heterocycles. The smallest absolute Gasteiger partial charge is 0.237 e. The molecular weight excluding hydrogens is 264 g/mol. The van der Waals surface area contributed by atoms with Crippen LogP contribution in [0.5, 0.6) is 5.75 Å². The molecule has 1 aromatic rings. The molecule has 0 unspecified atom stereocenters. The lowest BCUT2D eigenvalue weighted by Crippen LogP contribution is -2.45. The monoisotopic (exact) mass is 286 g/mol. The number of hydrogen-bond acceptors (Lipinski definition) is 3. The normalized spacial score (nSPS) is 11.6. The lowest BCUT2D eigenvalue weighted by Gasteiger charge is -2.15. The first-order valence-electron chi connectivity index (χ1n) is 6.23. The van der Waals surface area contributed by atoms with Crippen molar-refractivity contribution in [3.8, 4) is 5.75 Å². The highest BCUT2D eigenvalue weighted by atomic mass is 35.5. The van der Waals surface area contributed by atoms with E-state index in [4.69, 9.17) is 10.5 Å². The highest BCUT2D eigenvalue weighted by Crippen LogP contribution is 2.11. The Morgan fingerprint density at radius 2 is 2.11 bits per heavy atom. The zero-order chi connectivity index (χ0) is 13.5. The van der Waals surface area contributed by atoms with E-state index in [1.54, 1.807) is 0 Å². The summed E-state index contributed by atoms with van der Waals surface area (Å²) in [7, 11) is 0.